The zero-order valence-corrected chi connectivity index (χ0v) is 23.8. The molecule has 0 spiro atoms. The molecule has 0 aliphatic carbocycles. The molecule has 39 heavy (non-hydrogen) atoms. The molecule has 0 saturated heterocycles. The number of carbonyl (C=O) groups is 4. The predicted octanol–water partition coefficient (Wildman–Crippen LogP) is 4.43. The molecule has 0 bridgehead atoms. The fourth-order valence-corrected chi connectivity index (χ4v) is 4.20. The number of nitrogens with one attached hydrogen (secondary N) is 2. The highest BCUT2D eigenvalue weighted by atomic mass is 35.5. The number of para-hydroxylation sites is 1. The molecule has 2 unspecified atom stereocenters. The van der Waals surface area contributed by atoms with Gasteiger partial charge in [-0.05, 0) is 77.3 Å². The molecule has 0 heterocycles. The number of phenolic OH excluding ortho intramolecular Hbond substituents is 1. The van der Waals surface area contributed by atoms with Crippen molar-refractivity contribution in [1.29, 1.82) is 0 Å². The van der Waals surface area contributed by atoms with E-state index in [0.717, 1.165) is 0 Å². The van der Waals surface area contributed by atoms with Gasteiger partial charge in [0.2, 0.25) is 11.8 Å². The third kappa shape index (κ3) is 9.17. The van der Waals surface area contributed by atoms with Crippen LogP contribution in [-0.2, 0) is 19.1 Å². The fraction of sp³-hybridized carbons (Fsp3) is 0.429. The van der Waals surface area contributed by atoms with E-state index in [4.69, 9.17) is 22.1 Å². The molecule has 0 aliphatic heterocycles. The average Bonchev–Trinajstić information content (AvgIpc) is 2.81. The van der Waals surface area contributed by atoms with Crippen molar-refractivity contribution in [3.63, 3.8) is 0 Å². The summed E-state index contributed by atoms with van der Waals surface area (Å²) < 4.78 is 5.32. The number of primary amides is 1. The van der Waals surface area contributed by atoms with Crippen molar-refractivity contribution >= 4 is 41.1 Å². The van der Waals surface area contributed by atoms with Crippen molar-refractivity contribution in [3.05, 3.63) is 58.6 Å². The van der Waals surface area contributed by atoms with Gasteiger partial charge in [-0.2, -0.15) is 0 Å². The summed E-state index contributed by atoms with van der Waals surface area (Å²) in [6, 6.07) is 8.10. The van der Waals surface area contributed by atoms with Gasteiger partial charge in [0.15, 0.2) is 0 Å². The largest absolute Gasteiger partial charge is 0.508 e. The highest BCUT2D eigenvalue weighted by Crippen LogP contribution is 2.31. The first-order valence-electron chi connectivity index (χ1n) is 12.6. The first-order valence-corrected chi connectivity index (χ1v) is 12.9. The number of aromatic hydroxyl groups is 1. The van der Waals surface area contributed by atoms with Crippen molar-refractivity contribution in [1.82, 2.24) is 10.2 Å². The molecule has 2 aromatic rings. The van der Waals surface area contributed by atoms with Crippen molar-refractivity contribution in [2.24, 2.45) is 5.73 Å². The van der Waals surface area contributed by atoms with Crippen LogP contribution in [-0.4, -0.2) is 51.5 Å². The summed E-state index contributed by atoms with van der Waals surface area (Å²) in [5.74, 6) is -1.86. The zero-order chi connectivity index (χ0) is 29.5. The second-order valence-electron chi connectivity index (χ2n) is 10.5. The Labute approximate surface area is 233 Å². The van der Waals surface area contributed by atoms with Gasteiger partial charge in [-0.1, -0.05) is 35.9 Å². The second kappa shape index (κ2) is 13.3. The Kier molecular flexibility index (Phi) is 10.7. The normalized spacial score (nSPS) is 12.8. The molecule has 10 nitrogen and oxygen atoms in total. The molecule has 0 fully saturated rings. The monoisotopic (exact) mass is 560 g/mol. The maximum atomic E-state index is 14.0. The van der Waals surface area contributed by atoms with Crippen LogP contribution in [0.15, 0.2) is 42.5 Å². The smallest absolute Gasteiger partial charge is 0.408 e. The van der Waals surface area contributed by atoms with E-state index >= 15 is 0 Å². The minimum Gasteiger partial charge on any atom is -0.508 e. The minimum atomic E-state index is -1.22. The molecule has 0 radical (unpaired) electrons. The Bertz CT molecular complexity index is 1170. The van der Waals surface area contributed by atoms with Gasteiger partial charge in [0.1, 0.15) is 23.4 Å². The van der Waals surface area contributed by atoms with Gasteiger partial charge in [0, 0.05) is 12.5 Å². The number of hydrogen-bond acceptors (Lipinski definition) is 6. The van der Waals surface area contributed by atoms with Crippen LogP contribution in [0.2, 0.25) is 5.02 Å². The van der Waals surface area contributed by atoms with Crippen molar-refractivity contribution < 1.29 is 29.0 Å². The number of nitrogens with zero attached hydrogens (tertiary/aromatic N) is 1. The topological polar surface area (TPSA) is 151 Å². The standard InChI is InChI=1S/C28H37ClN4O6/c1-16(2)33(26(37)21(14-15-22(30)35)31-27(38)39-28(4,5)6)24(18-10-12-19(34)13-11-18)25(36)32-23-17(3)8-7-9-20(23)29/h7-13,16,21,24,34H,14-15H2,1-6H3,(H2,30,35)(H,31,38)(H,32,36). The van der Waals surface area contributed by atoms with E-state index < -0.39 is 47.5 Å². The summed E-state index contributed by atoms with van der Waals surface area (Å²) >= 11 is 6.35. The molecule has 11 heteroatoms. The van der Waals surface area contributed by atoms with Crippen molar-refractivity contribution in [2.75, 3.05) is 5.32 Å². The maximum absolute atomic E-state index is 14.0. The Hall–Kier alpha value is -3.79. The van der Waals surface area contributed by atoms with Crippen molar-refractivity contribution in [2.45, 2.75) is 78.1 Å². The fourth-order valence-electron chi connectivity index (χ4n) is 3.93. The Balaban J connectivity index is 2.55. The zero-order valence-electron chi connectivity index (χ0n) is 23.1. The quantitative estimate of drug-likeness (QED) is 0.337. The molecule has 2 aromatic carbocycles. The maximum Gasteiger partial charge on any atom is 0.408 e. The summed E-state index contributed by atoms with van der Waals surface area (Å²) in [5.41, 5.74) is 6.01. The van der Waals surface area contributed by atoms with Gasteiger partial charge in [-0.25, -0.2) is 4.79 Å². The van der Waals surface area contributed by atoms with E-state index in [1.807, 2.05) is 0 Å². The van der Waals surface area contributed by atoms with Crippen LogP contribution in [0.25, 0.3) is 0 Å². The van der Waals surface area contributed by atoms with Gasteiger partial charge in [0.05, 0.1) is 10.7 Å². The molecule has 0 saturated carbocycles. The van der Waals surface area contributed by atoms with E-state index in [0.29, 0.717) is 21.8 Å². The van der Waals surface area contributed by atoms with Crippen LogP contribution < -0.4 is 16.4 Å². The average molecular weight is 561 g/mol. The van der Waals surface area contributed by atoms with E-state index in [2.05, 4.69) is 10.6 Å². The number of ether oxygens (including phenoxy) is 1. The van der Waals surface area contributed by atoms with Gasteiger partial charge in [-0.15, -0.1) is 0 Å². The number of anilines is 1. The number of hydrogen-bond donors (Lipinski definition) is 4. The molecule has 5 N–H and O–H groups in total. The summed E-state index contributed by atoms with van der Waals surface area (Å²) in [6.45, 7) is 10.3. The third-order valence-electron chi connectivity index (χ3n) is 5.68. The summed E-state index contributed by atoms with van der Waals surface area (Å²) in [6.07, 6.45) is -1.15. The summed E-state index contributed by atoms with van der Waals surface area (Å²) in [5, 5.41) is 15.5. The SMILES string of the molecule is Cc1cccc(Cl)c1NC(=O)C(c1ccc(O)cc1)N(C(=O)C(CCC(N)=O)NC(=O)OC(C)(C)C)C(C)C. The summed E-state index contributed by atoms with van der Waals surface area (Å²) in [7, 11) is 0. The highest BCUT2D eigenvalue weighted by Gasteiger charge is 2.38. The lowest BCUT2D eigenvalue weighted by atomic mass is 9.99. The molecule has 2 atom stereocenters. The van der Waals surface area contributed by atoms with Crippen LogP contribution >= 0.6 is 11.6 Å². The number of benzene rings is 2. The molecule has 2 rings (SSSR count). The van der Waals surface area contributed by atoms with E-state index in [1.54, 1.807) is 59.7 Å². The first-order chi connectivity index (χ1) is 18.1. The number of carbonyl (C=O) groups excluding carboxylic acids is 4. The minimum absolute atomic E-state index is 0.0202. The molecule has 0 aliphatic rings. The number of amides is 4. The number of alkyl carbamates (subject to hydrolysis) is 1. The van der Waals surface area contributed by atoms with Gasteiger partial charge in [0.25, 0.3) is 5.91 Å². The van der Waals surface area contributed by atoms with Crippen LogP contribution in [0.4, 0.5) is 10.5 Å². The van der Waals surface area contributed by atoms with Gasteiger partial charge in [-0.3, -0.25) is 14.4 Å². The summed E-state index contributed by atoms with van der Waals surface area (Å²) in [4.78, 5) is 53.3. The van der Waals surface area contributed by atoms with Gasteiger partial charge < -0.3 is 31.1 Å². The second-order valence-corrected chi connectivity index (χ2v) is 10.9. The van der Waals surface area contributed by atoms with Crippen LogP contribution in [0.3, 0.4) is 0 Å². The molecular formula is C28H37ClN4O6. The van der Waals surface area contributed by atoms with Crippen LogP contribution in [0, 0.1) is 6.92 Å². The molecule has 0 aromatic heterocycles. The third-order valence-corrected chi connectivity index (χ3v) is 6.00. The van der Waals surface area contributed by atoms with Crippen LogP contribution in [0.5, 0.6) is 5.75 Å². The van der Waals surface area contributed by atoms with E-state index in [-0.39, 0.29) is 18.6 Å². The lowest BCUT2D eigenvalue weighted by molar-refractivity contribution is -0.143. The number of rotatable bonds is 10. The number of phenols is 1. The van der Waals surface area contributed by atoms with E-state index in [9.17, 15) is 24.3 Å². The van der Waals surface area contributed by atoms with E-state index in [1.165, 1.54) is 29.2 Å². The lowest BCUT2D eigenvalue weighted by Gasteiger charge is -2.37. The highest BCUT2D eigenvalue weighted by molar-refractivity contribution is 6.34. The first kappa shape index (κ1) is 31.4. The lowest BCUT2D eigenvalue weighted by Crippen LogP contribution is -2.54. The molecule has 4 amide bonds. The number of aryl methyl sites for hydroxylation is 1. The van der Waals surface area contributed by atoms with Crippen LogP contribution in [0.1, 0.15) is 64.6 Å². The molecule has 212 valence electrons. The number of nitrogens with two attached hydrogens (primary N) is 1. The molecular weight excluding hydrogens is 524 g/mol. The van der Waals surface area contributed by atoms with Gasteiger partial charge >= 0.3 is 6.09 Å². The number of halogens is 1. The Morgan fingerprint density at radius 1 is 1.08 bits per heavy atom. The Morgan fingerprint density at radius 2 is 1.69 bits per heavy atom. The Morgan fingerprint density at radius 3 is 2.21 bits per heavy atom. The van der Waals surface area contributed by atoms with Crippen molar-refractivity contribution in [3.8, 4) is 5.75 Å². The predicted molar refractivity (Wildman–Crippen MR) is 149 cm³/mol.